The summed E-state index contributed by atoms with van der Waals surface area (Å²) in [6.07, 6.45) is 1.46. The van der Waals surface area contributed by atoms with Gasteiger partial charge in [-0.1, -0.05) is 48.0 Å². The normalized spacial score (nSPS) is 19.2. The van der Waals surface area contributed by atoms with Gasteiger partial charge < -0.3 is 15.7 Å². The third kappa shape index (κ3) is 3.66. The summed E-state index contributed by atoms with van der Waals surface area (Å²) in [5, 5.41) is 17.0. The lowest BCUT2D eigenvalue weighted by Crippen LogP contribution is -2.43. The van der Waals surface area contributed by atoms with Gasteiger partial charge >= 0.3 is 6.03 Å². The molecule has 0 bridgehead atoms. The minimum atomic E-state index is -0.978. The van der Waals surface area contributed by atoms with Gasteiger partial charge in [-0.2, -0.15) is 0 Å². The van der Waals surface area contributed by atoms with Crippen molar-refractivity contribution in [1.29, 1.82) is 0 Å². The molecule has 0 fully saturated rings. The van der Waals surface area contributed by atoms with Crippen molar-refractivity contribution in [1.82, 2.24) is 10.6 Å². The van der Waals surface area contributed by atoms with Crippen LogP contribution in [0.5, 0.6) is 0 Å². The monoisotopic (exact) mass is 330 g/mol. The maximum atomic E-state index is 11.9. The molecule has 1 aliphatic carbocycles. The molecular formula is C18H19ClN2O2. The summed E-state index contributed by atoms with van der Waals surface area (Å²) in [4.78, 5) is 11.9. The zero-order valence-electron chi connectivity index (χ0n) is 12.7. The third-order valence-electron chi connectivity index (χ3n) is 4.23. The first-order valence-corrected chi connectivity index (χ1v) is 8.01. The quantitative estimate of drug-likeness (QED) is 0.807. The van der Waals surface area contributed by atoms with E-state index in [2.05, 4.69) is 10.6 Å². The van der Waals surface area contributed by atoms with Crippen LogP contribution in [0, 0.1) is 0 Å². The van der Waals surface area contributed by atoms with Crippen LogP contribution in [0.15, 0.2) is 48.5 Å². The lowest BCUT2D eigenvalue weighted by molar-refractivity contribution is 0.0412. The van der Waals surface area contributed by atoms with Gasteiger partial charge in [-0.05, 0) is 41.7 Å². The van der Waals surface area contributed by atoms with Crippen molar-refractivity contribution >= 4 is 17.6 Å². The molecule has 0 radical (unpaired) electrons. The van der Waals surface area contributed by atoms with Crippen molar-refractivity contribution < 1.29 is 9.90 Å². The van der Waals surface area contributed by atoms with E-state index in [1.807, 2.05) is 36.4 Å². The molecule has 2 aromatic rings. The number of amides is 2. The highest BCUT2D eigenvalue weighted by Gasteiger charge is 2.36. The van der Waals surface area contributed by atoms with E-state index in [1.54, 1.807) is 12.1 Å². The summed E-state index contributed by atoms with van der Waals surface area (Å²) in [5.41, 5.74) is 2.06. The second-order valence-electron chi connectivity index (χ2n) is 5.85. The Hall–Kier alpha value is -2.04. The fourth-order valence-corrected chi connectivity index (χ4v) is 3.05. The lowest BCUT2D eigenvalue weighted by atomic mass is 9.96. The van der Waals surface area contributed by atoms with Crippen molar-refractivity contribution in [3.05, 3.63) is 70.2 Å². The molecule has 120 valence electrons. The maximum absolute atomic E-state index is 11.9. The Morgan fingerprint density at radius 2 is 1.87 bits per heavy atom. The first-order chi connectivity index (χ1) is 11.1. The summed E-state index contributed by atoms with van der Waals surface area (Å²) in [6.45, 7) is 0.620. The van der Waals surface area contributed by atoms with Crippen LogP contribution in [-0.4, -0.2) is 17.7 Å². The SMILES string of the molecule is O=C(NCc1ccc(Cl)cc1)NCC1(O)CCc2ccccc21. The minimum absolute atomic E-state index is 0.205. The van der Waals surface area contributed by atoms with E-state index in [4.69, 9.17) is 11.6 Å². The number of rotatable bonds is 4. The number of halogens is 1. The molecule has 0 spiro atoms. The van der Waals surface area contributed by atoms with Crippen LogP contribution in [0.3, 0.4) is 0 Å². The number of aryl methyl sites for hydroxylation is 1. The Morgan fingerprint density at radius 3 is 2.65 bits per heavy atom. The van der Waals surface area contributed by atoms with E-state index in [0.29, 0.717) is 18.0 Å². The Labute approximate surface area is 140 Å². The lowest BCUT2D eigenvalue weighted by Gasteiger charge is -2.24. The van der Waals surface area contributed by atoms with E-state index < -0.39 is 5.60 Å². The standard InChI is InChI=1S/C18H19ClN2O2/c19-15-7-5-13(6-8-15)11-20-17(22)21-12-18(23)10-9-14-3-1-2-4-16(14)18/h1-8,23H,9-12H2,(H2,20,21,22). The van der Waals surface area contributed by atoms with Crippen molar-refractivity contribution in [2.75, 3.05) is 6.54 Å². The second kappa shape index (κ2) is 6.60. The Balaban J connectivity index is 1.52. The average Bonchev–Trinajstić information content (AvgIpc) is 2.91. The number of carbonyl (C=O) groups excluding carboxylic acids is 1. The number of fused-ring (bicyclic) bond motifs is 1. The Kier molecular flexibility index (Phi) is 4.55. The molecule has 0 saturated heterocycles. The summed E-state index contributed by atoms with van der Waals surface area (Å²) in [6, 6.07) is 14.8. The van der Waals surface area contributed by atoms with E-state index in [1.165, 1.54) is 0 Å². The molecule has 0 aliphatic heterocycles. The summed E-state index contributed by atoms with van der Waals surface area (Å²) >= 11 is 5.83. The fourth-order valence-electron chi connectivity index (χ4n) is 2.93. The Bertz CT molecular complexity index is 702. The van der Waals surface area contributed by atoms with Crippen molar-refractivity contribution in [2.24, 2.45) is 0 Å². The van der Waals surface area contributed by atoms with Crippen LogP contribution in [0.25, 0.3) is 0 Å². The number of urea groups is 1. The number of hydrogen-bond donors (Lipinski definition) is 3. The maximum Gasteiger partial charge on any atom is 0.315 e. The summed E-state index contributed by atoms with van der Waals surface area (Å²) in [5.74, 6) is 0. The number of carbonyl (C=O) groups is 1. The Morgan fingerprint density at radius 1 is 1.13 bits per heavy atom. The van der Waals surface area contributed by atoms with Gasteiger partial charge in [0, 0.05) is 11.6 Å². The fraction of sp³-hybridized carbons (Fsp3) is 0.278. The molecular weight excluding hydrogens is 312 g/mol. The largest absolute Gasteiger partial charge is 0.383 e. The molecule has 1 aliphatic rings. The zero-order valence-corrected chi connectivity index (χ0v) is 13.4. The summed E-state index contributed by atoms with van der Waals surface area (Å²) in [7, 11) is 0. The third-order valence-corrected chi connectivity index (χ3v) is 4.49. The van der Waals surface area contributed by atoms with Gasteiger partial charge in [0.15, 0.2) is 0 Å². The predicted molar refractivity (Wildman–Crippen MR) is 90.4 cm³/mol. The molecule has 2 amide bonds. The zero-order chi connectivity index (χ0) is 16.3. The molecule has 0 aromatic heterocycles. The molecule has 0 heterocycles. The summed E-state index contributed by atoms with van der Waals surface area (Å²) < 4.78 is 0. The van der Waals surface area contributed by atoms with Gasteiger partial charge in [-0.15, -0.1) is 0 Å². The van der Waals surface area contributed by atoms with Gasteiger partial charge in [0.05, 0.1) is 6.54 Å². The highest BCUT2D eigenvalue weighted by Crippen LogP contribution is 2.36. The molecule has 23 heavy (non-hydrogen) atoms. The molecule has 0 saturated carbocycles. The van der Waals surface area contributed by atoms with Crippen LogP contribution in [0.1, 0.15) is 23.1 Å². The molecule has 2 aromatic carbocycles. The van der Waals surface area contributed by atoms with Crippen molar-refractivity contribution in [3.63, 3.8) is 0 Å². The first-order valence-electron chi connectivity index (χ1n) is 7.64. The van der Waals surface area contributed by atoms with Crippen LogP contribution in [-0.2, 0) is 18.6 Å². The molecule has 4 nitrogen and oxygen atoms in total. The van der Waals surface area contributed by atoms with Crippen LogP contribution in [0.2, 0.25) is 5.02 Å². The molecule has 5 heteroatoms. The van der Waals surface area contributed by atoms with Gasteiger partial charge in [-0.25, -0.2) is 4.79 Å². The molecule has 1 unspecified atom stereocenters. The van der Waals surface area contributed by atoms with E-state index in [0.717, 1.165) is 23.1 Å². The smallest absolute Gasteiger partial charge is 0.315 e. The van der Waals surface area contributed by atoms with E-state index in [9.17, 15) is 9.90 Å². The number of nitrogens with one attached hydrogen (secondary N) is 2. The molecule has 3 N–H and O–H groups in total. The topological polar surface area (TPSA) is 61.4 Å². The number of aliphatic hydroxyl groups is 1. The highest BCUT2D eigenvalue weighted by atomic mass is 35.5. The average molecular weight is 331 g/mol. The van der Waals surface area contributed by atoms with Gasteiger partial charge in [0.1, 0.15) is 5.60 Å². The van der Waals surface area contributed by atoms with Crippen molar-refractivity contribution in [2.45, 2.75) is 25.0 Å². The first kappa shape index (κ1) is 15.8. The van der Waals surface area contributed by atoms with Gasteiger partial charge in [0.25, 0.3) is 0 Å². The van der Waals surface area contributed by atoms with E-state index in [-0.39, 0.29) is 12.6 Å². The second-order valence-corrected chi connectivity index (χ2v) is 6.29. The van der Waals surface area contributed by atoms with Gasteiger partial charge in [0.2, 0.25) is 0 Å². The highest BCUT2D eigenvalue weighted by molar-refractivity contribution is 6.30. The number of benzene rings is 2. The minimum Gasteiger partial charge on any atom is -0.383 e. The van der Waals surface area contributed by atoms with Crippen molar-refractivity contribution in [3.8, 4) is 0 Å². The van der Waals surface area contributed by atoms with Crippen LogP contribution >= 0.6 is 11.6 Å². The number of hydrogen-bond acceptors (Lipinski definition) is 2. The molecule has 1 atom stereocenters. The predicted octanol–water partition coefficient (Wildman–Crippen LogP) is 2.97. The van der Waals surface area contributed by atoms with Crippen LogP contribution in [0.4, 0.5) is 4.79 Å². The van der Waals surface area contributed by atoms with Crippen LogP contribution < -0.4 is 10.6 Å². The van der Waals surface area contributed by atoms with Gasteiger partial charge in [-0.3, -0.25) is 0 Å². The molecule has 3 rings (SSSR count). The van der Waals surface area contributed by atoms with E-state index >= 15 is 0 Å².